The number of halogens is 4. The van der Waals surface area contributed by atoms with E-state index in [2.05, 4.69) is 4.98 Å². The molecule has 0 bridgehead atoms. The summed E-state index contributed by atoms with van der Waals surface area (Å²) in [4.78, 5) is 15.0. The van der Waals surface area contributed by atoms with E-state index in [4.69, 9.17) is 0 Å². The lowest BCUT2D eigenvalue weighted by Crippen LogP contribution is -2.04. The van der Waals surface area contributed by atoms with Gasteiger partial charge in [0.15, 0.2) is 23.2 Å². The predicted octanol–water partition coefficient (Wildman–Crippen LogP) is 3.96. The largest absolute Gasteiger partial charge is 0.360 e. The number of aromatic nitrogens is 1. The van der Waals surface area contributed by atoms with Crippen molar-refractivity contribution in [2.75, 3.05) is 0 Å². The van der Waals surface area contributed by atoms with Crippen LogP contribution in [0.4, 0.5) is 17.6 Å². The van der Waals surface area contributed by atoms with E-state index in [1.54, 1.807) is 0 Å². The summed E-state index contributed by atoms with van der Waals surface area (Å²) in [7, 11) is 0. The minimum Gasteiger partial charge on any atom is -0.360 e. The predicted molar refractivity (Wildman–Crippen MR) is 68.0 cm³/mol. The van der Waals surface area contributed by atoms with Crippen LogP contribution in [0.5, 0.6) is 0 Å². The van der Waals surface area contributed by atoms with Crippen molar-refractivity contribution in [2.24, 2.45) is 0 Å². The van der Waals surface area contributed by atoms with Crippen molar-refractivity contribution in [3.63, 3.8) is 0 Å². The molecular weight excluding hydrogens is 286 g/mol. The molecule has 0 saturated heterocycles. The molecule has 2 aromatic carbocycles. The molecule has 0 aliphatic heterocycles. The van der Waals surface area contributed by atoms with Gasteiger partial charge in [-0.3, -0.25) is 4.79 Å². The summed E-state index contributed by atoms with van der Waals surface area (Å²) in [5.41, 5.74) is 0.174. The third kappa shape index (κ3) is 2.18. The Bertz CT molecular complexity index is 846. The molecule has 0 atom stereocenters. The molecule has 6 heteroatoms. The number of carbonyl (C=O) groups excluding carboxylic acids is 1. The quantitative estimate of drug-likeness (QED) is 0.433. The molecule has 0 radical (unpaired) electrons. The normalized spacial score (nSPS) is 11.0. The van der Waals surface area contributed by atoms with E-state index in [0.717, 1.165) is 0 Å². The van der Waals surface area contributed by atoms with Crippen molar-refractivity contribution in [2.45, 2.75) is 0 Å². The van der Waals surface area contributed by atoms with Gasteiger partial charge >= 0.3 is 0 Å². The van der Waals surface area contributed by atoms with Crippen LogP contribution in [0.15, 0.2) is 36.5 Å². The van der Waals surface area contributed by atoms with Crippen LogP contribution in [0.3, 0.4) is 0 Å². The Labute approximate surface area is 116 Å². The van der Waals surface area contributed by atoms with Crippen LogP contribution < -0.4 is 0 Å². The average Bonchev–Trinajstić information content (AvgIpc) is 2.86. The highest BCUT2D eigenvalue weighted by Crippen LogP contribution is 2.23. The van der Waals surface area contributed by atoms with E-state index in [9.17, 15) is 22.4 Å². The first-order valence-corrected chi connectivity index (χ1v) is 5.93. The highest BCUT2D eigenvalue weighted by Gasteiger charge is 2.19. The molecule has 1 heterocycles. The fraction of sp³-hybridized carbons (Fsp3) is 0. The molecular formula is C15H7F4NO. The molecule has 0 amide bonds. The highest BCUT2D eigenvalue weighted by molar-refractivity contribution is 6.16. The van der Waals surface area contributed by atoms with Gasteiger partial charge in [0.1, 0.15) is 5.82 Å². The van der Waals surface area contributed by atoms with E-state index in [0.29, 0.717) is 23.0 Å². The van der Waals surface area contributed by atoms with Gasteiger partial charge in [0.2, 0.25) is 0 Å². The van der Waals surface area contributed by atoms with Gasteiger partial charge in [-0.2, -0.15) is 0 Å². The van der Waals surface area contributed by atoms with Crippen molar-refractivity contribution in [3.05, 3.63) is 70.9 Å². The van der Waals surface area contributed by atoms with Crippen LogP contribution >= 0.6 is 0 Å². The second kappa shape index (κ2) is 4.73. The smallest absolute Gasteiger partial charge is 0.195 e. The summed E-state index contributed by atoms with van der Waals surface area (Å²) >= 11 is 0. The molecule has 0 spiro atoms. The Morgan fingerprint density at radius 2 is 1.62 bits per heavy atom. The number of aromatic amines is 1. The van der Waals surface area contributed by atoms with Crippen LogP contribution in [0.2, 0.25) is 0 Å². The summed E-state index contributed by atoms with van der Waals surface area (Å²) in [5.74, 6) is -5.69. The number of fused-ring (bicyclic) bond motifs is 1. The zero-order valence-electron chi connectivity index (χ0n) is 10.4. The zero-order chi connectivity index (χ0) is 15.1. The number of hydrogen-bond donors (Lipinski definition) is 1. The minimum absolute atomic E-state index is 0.121. The summed E-state index contributed by atoms with van der Waals surface area (Å²) in [6.07, 6.45) is 1.31. The van der Waals surface area contributed by atoms with E-state index in [1.807, 2.05) is 0 Å². The lowest BCUT2D eigenvalue weighted by atomic mass is 10.0. The Morgan fingerprint density at radius 1 is 0.952 bits per heavy atom. The van der Waals surface area contributed by atoms with E-state index in [1.165, 1.54) is 24.4 Å². The van der Waals surface area contributed by atoms with Crippen LogP contribution in [0.25, 0.3) is 10.9 Å². The number of H-pyrrole nitrogens is 1. The maximum absolute atomic E-state index is 13.2. The third-order valence-electron chi connectivity index (χ3n) is 3.13. The molecule has 106 valence electrons. The first kappa shape index (κ1) is 13.4. The SMILES string of the molecule is O=C(c1cc(F)c(F)c(F)c1)c1c[nH]c2cc(F)ccc12. The highest BCUT2D eigenvalue weighted by atomic mass is 19.2. The molecule has 0 saturated carbocycles. The van der Waals surface area contributed by atoms with Crippen LogP contribution in [0.1, 0.15) is 15.9 Å². The van der Waals surface area contributed by atoms with Gasteiger partial charge in [-0.15, -0.1) is 0 Å². The molecule has 1 aromatic heterocycles. The minimum atomic E-state index is -1.63. The average molecular weight is 293 g/mol. The Balaban J connectivity index is 2.13. The van der Waals surface area contributed by atoms with Crippen molar-refractivity contribution < 1.29 is 22.4 Å². The number of ketones is 1. The monoisotopic (exact) mass is 293 g/mol. The topological polar surface area (TPSA) is 32.9 Å². The summed E-state index contributed by atoms with van der Waals surface area (Å²) < 4.78 is 52.3. The Hall–Kier alpha value is -2.63. The lowest BCUT2D eigenvalue weighted by molar-refractivity contribution is 0.103. The van der Waals surface area contributed by atoms with Crippen LogP contribution in [-0.4, -0.2) is 10.8 Å². The van der Waals surface area contributed by atoms with E-state index < -0.39 is 29.1 Å². The Kier molecular flexibility index (Phi) is 3.01. The van der Waals surface area contributed by atoms with Gasteiger partial charge in [0.25, 0.3) is 0 Å². The first-order chi connectivity index (χ1) is 9.97. The number of rotatable bonds is 2. The second-order valence-corrected chi connectivity index (χ2v) is 4.48. The van der Waals surface area contributed by atoms with Gasteiger partial charge in [-0.05, 0) is 30.3 Å². The van der Waals surface area contributed by atoms with Crippen molar-refractivity contribution >= 4 is 16.7 Å². The van der Waals surface area contributed by atoms with E-state index in [-0.39, 0.29) is 11.1 Å². The number of benzene rings is 2. The second-order valence-electron chi connectivity index (χ2n) is 4.48. The molecule has 0 unspecified atom stereocenters. The standard InChI is InChI=1S/C15H7F4NO/c16-8-1-2-9-10(6-20-13(9)5-8)15(21)7-3-11(17)14(19)12(18)4-7/h1-6,20H. The molecule has 0 aliphatic carbocycles. The molecule has 21 heavy (non-hydrogen) atoms. The molecule has 1 N–H and O–H groups in total. The fourth-order valence-electron chi connectivity index (χ4n) is 2.13. The Morgan fingerprint density at radius 3 is 2.29 bits per heavy atom. The molecule has 3 aromatic rings. The van der Waals surface area contributed by atoms with Crippen molar-refractivity contribution in [1.82, 2.24) is 4.98 Å². The van der Waals surface area contributed by atoms with Crippen molar-refractivity contribution in [3.8, 4) is 0 Å². The van der Waals surface area contributed by atoms with Gasteiger partial charge in [-0.1, -0.05) is 0 Å². The maximum Gasteiger partial charge on any atom is 0.195 e. The molecule has 3 rings (SSSR count). The van der Waals surface area contributed by atoms with E-state index >= 15 is 0 Å². The summed E-state index contributed by atoms with van der Waals surface area (Å²) in [5, 5.41) is 0.409. The number of hydrogen-bond acceptors (Lipinski definition) is 1. The van der Waals surface area contributed by atoms with Gasteiger partial charge in [-0.25, -0.2) is 17.6 Å². The van der Waals surface area contributed by atoms with Crippen LogP contribution in [-0.2, 0) is 0 Å². The maximum atomic E-state index is 13.2. The molecule has 0 fully saturated rings. The fourth-order valence-corrected chi connectivity index (χ4v) is 2.13. The zero-order valence-corrected chi connectivity index (χ0v) is 10.4. The summed E-state index contributed by atoms with van der Waals surface area (Å²) in [6.45, 7) is 0. The number of carbonyl (C=O) groups is 1. The van der Waals surface area contributed by atoms with Gasteiger partial charge < -0.3 is 4.98 Å². The first-order valence-electron chi connectivity index (χ1n) is 5.93. The van der Waals surface area contributed by atoms with Gasteiger partial charge in [0, 0.05) is 28.2 Å². The van der Waals surface area contributed by atoms with Crippen LogP contribution in [0, 0.1) is 23.3 Å². The molecule has 2 nitrogen and oxygen atoms in total. The van der Waals surface area contributed by atoms with Gasteiger partial charge in [0.05, 0.1) is 0 Å². The summed E-state index contributed by atoms with van der Waals surface area (Å²) in [6, 6.07) is 4.99. The third-order valence-corrected chi connectivity index (χ3v) is 3.13. The lowest BCUT2D eigenvalue weighted by Gasteiger charge is -2.02. The molecule has 0 aliphatic rings. The number of nitrogens with one attached hydrogen (secondary N) is 1. The van der Waals surface area contributed by atoms with Crippen molar-refractivity contribution in [1.29, 1.82) is 0 Å².